The van der Waals surface area contributed by atoms with Gasteiger partial charge in [0.05, 0.1) is 0 Å². The molecule has 1 aliphatic rings. The summed E-state index contributed by atoms with van der Waals surface area (Å²) < 4.78 is 0. The predicted molar refractivity (Wildman–Crippen MR) is 78.5 cm³/mol. The average Bonchev–Trinajstić information content (AvgIpc) is 2.37. The molecule has 0 amide bonds. The molecule has 1 aromatic rings. The minimum Gasteiger partial charge on any atom is -0.385 e. The van der Waals surface area contributed by atoms with Crippen molar-refractivity contribution in [1.82, 2.24) is 10.2 Å². The highest BCUT2D eigenvalue weighted by atomic mass is 15.0. The molecule has 1 heterocycles. The Hall–Kier alpha value is -1.28. The first-order valence-electron chi connectivity index (χ1n) is 6.83. The summed E-state index contributed by atoms with van der Waals surface area (Å²) in [6, 6.07) is 8.91. The standard InChI is InChI=1S/C16H24N2/c1-13-7-8-16(17-12-13)15-6-4-5-14(11-15)9-10-18(2)3/h4-6,8,11,13,17H,7,9-10,12H2,1-3H3/t13-/m0/s1. The summed E-state index contributed by atoms with van der Waals surface area (Å²) in [7, 11) is 4.24. The van der Waals surface area contributed by atoms with Crippen molar-refractivity contribution < 1.29 is 0 Å². The minimum absolute atomic E-state index is 0.755. The van der Waals surface area contributed by atoms with Crippen LogP contribution in [0.2, 0.25) is 0 Å². The lowest BCUT2D eigenvalue weighted by Crippen LogP contribution is -2.23. The molecule has 18 heavy (non-hydrogen) atoms. The predicted octanol–water partition coefficient (Wildman–Crippen LogP) is 2.76. The molecular formula is C16H24N2. The summed E-state index contributed by atoms with van der Waals surface area (Å²) in [6.45, 7) is 4.48. The third-order valence-corrected chi connectivity index (χ3v) is 3.45. The molecule has 0 spiro atoms. The Labute approximate surface area is 111 Å². The van der Waals surface area contributed by atoms with E-state index in [2.05, 4.69) is 61.6 Å². The van der Waals surface area contributed by atoms with Crippen molar-refractivity contribution >= 4 is 5.70 Å². The summed E-state index contributed by atoms with van der Waals surface area (Å²) in [5.74, 6) is 0.755. The third-order valence-electron chi connectivity index (χ3n) is 3.45. The number of nitrogens with zero attached hydrogens (tertiary/aromatic N) is 1. The van der Waals surface area contributed by atoms with E-state index in [-0.39, 0.29) is 0 Å². The first-order chi connectivity index (χ1) is 8.65. The van der Waals surface area contributed by atoms with Gasteiger partial charge < -0.3 is 10.2 Å². The van der Waals surface area contributed by atoms with Gasteiger partial charge >= 0.3 is 0 Å². The summed E-state index contributed by atoms with van der Waals surface area (Å²) in [4.78, 5) is 2.23. The summed E-state index contributed by atoms with van der Waals surface area (Å²) in [6.07, 6.45) is 4.63. The topological polar surface area (TPSA) is 15.3 Å². The quantitative estimate of drug-likeness (QED) is 0.876. The molecule has 1 aliphatic heterocycles. The monoisotopic (exact) mass is 244 g/mol. The van der Waals surface area contributed by atoms with E-state index in [1.165, 1.54) is 23.2 Å². The number of likely N-dealkylation sites (N-methyl/N-ethyl adjacent to an activating group) is 1. The van der Waals surface area contributed by atoms with Crippen molar-refractivity contribution in [1.29, 1.82) is 0 Å². The lowest BCUT2D eigenvalue weighted by molar-refractivity contribution is 0.413. The number of nitrogens with one attached hydrogen (secondary N) is 1. The maximum atomic E-state index is 3.53. The van der Waals surface area contributed by atoms with Crippen LogP contribution in [0.25, 0.3) is 5.70 Å². The maximum absolute atomic E-state index is 3.53. The van der Waals surface area contributed by atoms with Gasteiger partial charge in [-0.05, 0) is 50.0 Å². The molecule has 1 atom stereocenters. The number of allylic oxidation sites excluding steroid dienone is 1. The molecule has 2 nitrogen and oxygen atoms in total. The zero-order valence-electron chi connectivity index (χ0n) is 11.7. The summed E-state index contributed by atoms with van der Waals surface area (Å²) >= 11 is 0. The maximum Gasteiger partial charge on any atom is 0.0373 e. The second-order valence-corrected chi connectivity index (χ2v) is 5.59. The number of rotatable bonds is 4. The van der Waals surface area contributed by atoms with Crippen molar-refractivity contribution in [2.24, 2.45) is 5.92 Å². The molecule has 1 aromatic carbocycles. The molecule has 98 valence electrons. The van der Waals surface area contributed by atoms with E-state index < -0.39 is 0 Å². The van der Waals surface area contributed by atoms with Gasteiger partial charge in [0.1, 0.15) is 0 Å². The van der Waals surface area contributed by atoms with E-state index >= 15 is 0 Å². The molecule has 0 aromatic heterocycles. The number of hydrogen-bond donors (Lipinski definition) is 1. The lowest BCUT2D eigenvalue weighted by Gasteiger charge is -2.21. The first-order valence-corrected chi connectivity index (χ1v) is 6.83. The molecule has 2 rings (SSSR count). The Morgan fingerprint density at radius 2 is 2.17 bits per heavy atom. The fourth-order valence-electron chi connectivity index (χ4n) is 2.23. The van der Waals surface area contributed by atoms with Gasteiger partial charge in [0, 0.05) is 18.8 Å². The van der Waals surface area contributed by atoms with Crippen LogP contribution in [0.3, 0.4) is 0 Å². The van der Waals surface area contributed by atoms with Crippen LogP contribution in [-0.2, 0) is 6.42 Å². The first kappa shape index (κ1) is 13.2. The van der Waals surface area contributed by atoms with E-state index in [9.17, 15) is 0 Å². The van der Waals surface area contributed by atoms with E-state index in [4.69, 9.17) is 0 Å². The van der Waals surface area contributed by atoms with Gasteiger partial charge in [-0.3, -0.25) is 0 Å². The van der Waals surface area contributed by atoms with E-state index in [0.717, 1.165) is 25.4 Å². The lowest BCUT2D eigenvalue weighted by atomic mass is 9.99. The minimum atomic E-state index is 0.755. The molecule has 0 unspecified atom stereocenters. The molecular weight excluding hydrogens is 220 g/mol. The number of benzene rings is 1. The fraction of sp³-hybridized carbons (Fsp3) is 0.500. The normalized spacial score (nSPS) is 19.6. The molecule has 2 heteroatoms. The summed E-state index contributed by atoms with van der Waals surface area (Å²) in [5, 5.41) is 3.53. The van der Waals surface area contributed by atoms with Gasteiger partial charge in [0.2, 0.25) is 0 Å². The second-order valence-electron chi connectivity index (χ2n) is 5.59. The van der Waals surface area contributed by atoms with Gasteiger partial charge in [-0.1, -0.05) is 31.2 Å². The van der Waals surface area contributed by atoms with Crippen LogP contribution in [0.15, 0.2) is 30.3 Å². The molecule has 0 radical (unpaired) electrons. The fourth-order valence-corrected chi connectivity index (χ4v) is 2.23. The molecule has 0 saturated carbocycles. The van der Waals surface area contributed by atoms with Crippen LogP contribution >= 0.6 is 0 Å². The molecule has 0 saturated heterocycles. The van der Waals surface area contributed by atoms with Gasteiger partial charge in [0.15, 0.2) is 0 Å². The second kappa shape index (κ2) is 6.05. The molecule has 0 fully saturated rings. The Morgan fingerprint density at radius 3 is 2.83 bits per heavy atom. The van der Waals surface area contributed by atoms with Gasteiger partial charge in [-0.2, -0.15) is 0 Å². The van der Waals surface area contributed by atoms with Gasteiger partial charge in [0.25, 0.3) is 0 Å². The van der Waals surface area contributed by atoms with E-state index in [1.807, 2.05) is 0 Å². The van der Waals surface area contributed by atoms with Crippen LogP contribution in [-0.4, -0.2) is 32.1 Å². The SMILES string of the molecule is C[C@H]1CC=C(c2cccc(CCN(C)C)c2)NC1. The van der Waals surface area contributed by atoms with Gasteiger partial charge in [-0.25, -0.2) is 0 Å². The zero-order chi connectivity index (χ0) is 13.0. The van der Waals surface area contributed by atoms with Crippen molar-refractivity contribution in [3.63, 3.8) is 0 Å². The molecule has 0 bridgehead atoms. The van der Waals surface area contributed by atoms with Crippen LogP contribution < -0.4 is 5.32 Å². The average molecular weight is 244 g/mol. The van der Waals surface area contributed by atoms with Crippen LogP contribution in [0.5, 0.6) is 0 Å². The van der Waals surface area contributed by atoms with Crippen LogP contribution in [0.4, 0.5) is 0 Å². The molecule has 1 N–H and O–H groups in total. The van der Waals surface area contributed by atoms with Crippen LogP contribution in [0.1, 0.15) is 24.5 Å². The van der Waals surface area contributed by atoms with Crippen molar-refractivity contribution in [3.8, 4) is 0 Å². The zero-order valence-corrected chi connectivity index (χ0v) is 11.7. The Kier molecular flexibility index (Phi) is 4.43. The number of hydrogen-bond acceptors (Lipinski definition) is 2. The Morgan fingerprint density at radius 1 is 1.33 bits per heavy atom. The Balaban J connectivity index is 2.07. The highest BCUT2D eigenvalue weighted by Gasteiger charge is 2.10. The van der Waals surface area contributed by atoms with Gasteiger partial charge in [-0.15, -0.1) is 0 Å². The van der Waals surface area contributed by atoms with Crippen molar-refractivity contribution in [2.75, 3.05) is 27.2 Å². The smallest absolute Gasteiger partial charge is 0.0373 e. The van der Waals surface area contributed by atoms with Crippen molar-refractivity contribution in [3.05, 3.63) is 41.5 Å². The third kappa shape index (κ3) is 3.61. The van der Waals surface area contributed by atoms with Crippen molar-refractivity contribution in [2.45, 2.75) is 19.8 Å². The summed E-state index contributed by atoms with van der Waals surface area (Å²) in [5.41, 5.74) is 4.06. The van der Waals surface area contributed by atoms with E-state index in [0.29, 0.717) is 0 Å². The van der Waals surface area contributed by atoms with E-state index in [1.54, 1.807) is 0 Å². The Bertz CT molecular complexity index is 421. The largest absolute Gasteiger partial charge is 0.385 e. The highest BCUT2D eigenvalue weighted by molar-refractivity contribution is 5.65. The highest BCUT2D eigenvalue weighted by Crippen LogP contribution is 2.20. The molecule has 0 aliphatic carbocycles. The van der Waals surface area contributed by atoms with Crippen LogP contribution in [0, 0.1) is 5.92 Å².